The summed E-state index contributed by atoms with van der Waals surface area (Å²) in [5, 5.41) is 5.94. The van der Waals surface area contributed by atoms with E-state index in [4.69, 9.17) is 0 Å². The van der Waals surface area contributed by atoms with Crippen molar-refractivity contribution >= 4 is 27.8 Å². The molecule has 0 spiro atoms. The van der Waals surface area contributed by atoms with Gasteiger partial charge in [0.15, 0.2) is 0 Å². The predicted molar refractivity (Wildman–Crippen MR) is 133 cm³/mol. The molecule has 0 aromatic heterocycles. The standard InChI is InChI=1S/C29H29P/c1-5-16-26(17-6-1)30(24-25-14-13-15-25,27-18-7-2-8-19-27,28-20-9-3-10-21-28)29-22-11-4-12-23-29/h1-12,16-23,25H,13-15,24H2. The molecule has 5 rings (SSSR count). The molecule has 0 bridgehead atoms. The van der Waals surface area contributed by atoms with Gasteiger partial charge in [0, 0.05) is 0 Å². The van der Waals surface area contributed by atoms with Crippen LogP contribution >= 0.6 is 6.60 Å². The average Bonchev–Trinajstić information content (AvgIpc) is 2.82. The van der Waals surface area contributed by atoms with Crippen LogP contribution in [0.5, 0.6) is 0 Å². The first-order valence-electron chi connectivity index (χ1n) is 11.1. The van der Waals surface area contributed by atoms with Gasteiger partial charge in [-0.2, -0.15) is 0 Å². The summed E-state index contributed by atoms with van der Waals surface area (Å²) in [5.74, 6) is 0.767. The molecule has 0 nitrogen and oxygen atoms in total. The first-order valence-corrected chi connectivity index (χ1v) is 13.5. The molecule has 1 aliphatic rings. The van der Waals surface area contributed by atoms with Crippen LogP contribution in [0.15, 0.2) is 121 Å². The van der Waals surface area contributed by atoms with E-state index in [1.54, 1.807) is 0 Å². The molecule has 1 saturated carbocycles. The summed E-state index contributed by atoms with van der Waals surface area (Å²) >= 11 is 0. The summed E-state index contributed by atoms with van der Waals surface area (Å²) in [6.07, 6.45) is 5.27. The molecule has 0 N–H and O–H groups in total. The van der Waals surface area contributed by atoms with E-state index in [0.29, 0.717) is 0 Å². The Balaban J connectivity index is 1.99. The van der Waals surface area contributed by atoms with Crippen molar-refractivity contribution in [2.75, 3.05) is 6.16 Å². The summed E-state index contributed by atoms with van der Waals surface area (Å²) in [5.41, 5.74) is 0. The van der Waals surface area contributed by atoms with E-state index < -0.39 is 6.60 Å². The molecule has 1 aliphatic carbocycles. The Labute approximate surface area is 180 Å². The zero-order chi connectivity index (χ0) is 20.3. The molecule has 0 heterocycles. The second-order valence-electron chi connectivity index (χ2n) is 8.62. The Morgan fingerprint density at radius 2 is 0.767 bits per heavy atom. The molecule has 0 atom stereocenters. The van der Waals surface area contributed by atoms with Gasteiger partial charge in [0.05, 0.1) is 0 Å². The summed E-state index contributed by atoms with van der Waals surface area (Å²) in [7, 11) is 0. The monoisotopic (exact) mass is 408 g/mol. The molecule has 4 aromatic rings. The van der Waals surface area contributed by atoms with Crippen LogP contribution in [0.25, 0.3) is 0 Å². The molecule has 0 unspecified atom stereocenters. The SMILES string of the molecule is c1ccc(P(CC2CCC2)(c2ccccc2)(c2ccccc2)c2ccccc2)cc1. The van der Waals surface area contributed by atoms with Crippen LogP contribution < -0.4 is 21.2 Å². The fourth-order valence-electron chi connectivity index (χ4n) is 5.54. The Morgan fingerprint density at radius 1 is 0.467 bits per heavy atom. The molecule has 4 aromatic carbocycles. The fourth-order valence-corrected chi connectivity index (χ4v) is 12.9. The van der Waals surface area contributed by atoms with Gasteiger partial charge >= 0.3 is 180 Å². The Kier molecular flexibility index (Phi) is 5.05. The maximum atomic E-state index is 2.39. The Morgan fingerprint density at radius 3 is 1.00 bits per heavy atom. The van der Waals surface area contributed by atoms with Crippen LogP contribution in [0, 0.1) is 5.92 Å². The van der Waals surface area contributed by atoms with E-state index in [0.717, 1.165) is 5.92 Å². The minimum atomic E-state index is -2.91. The molecule has 0 radical (unpaired) electrons. The van der Waals surface area contributed by atoms with E-state index in [-0.39, 0.29) is 0 Å². The van der Waals surface area contributed by atoms with Gasteiger partial charge in [-0.05, 0) is 0 Å². The quantitative estimate of drug-likeness (QED) is 0.362. The van der Waals surface area contributed by atoms with Crippen molar-refractivity contribution in [1.29, 1.82) is 0 Å². The first-order chi connectivity index (χ1) is 14.8. The molecular formula is C29H29P. The summed E-state index contributed by atoms with van der Waals surface area (Å²) in [6.45, 7) is -2.91. The van der Waals surface area contributed by atoms with Gasteiger partial charge in [0.25, 0.3) is 0 Å². The van der Waals surface area contributed by atoms with Gasteiger partial charge in [-0.25, -0.2) is 0 Å². The summed E-state index contributed by atoms with van der Waals surface area (Å²) < 4.78 is 0. The van der Waals surface area contributed by atoms with E-state index in [9.17, 15) is 0 Å². The Bertz CT molecular complexity index is 915. The van der Waals surface area contributed by atoms with Crippen molar-refractivity contribution in [2.24, 2.45) is 5.92 Å². The third-order valence-corrected chi connectivity index (χ3v) is 14.2. The van der Waals surface area contributed by atoms with Crippen LogP contribution in [-0.4, -0.2) is 6.16 Å². The van der Waals surface area contributed by atoms with E-state index >= 15 is 0 Å². The molecule has 150 valence electrons. The minimum absolute atomic E-state index is 0.767. The molecule has 1 fully saturated rings. The topological polar surface area (TPSA) is 0 Å². The zero-order valence-corrected chi connectivity index (χ0v) is 18.3. The van der Waals surface area contributed by atoms with Crippen molar-refractivity contribution in [1.82, 2.24) is 0 Å². The van der Waals surface area contributed by atoms with Crippen LogP contribution in [-0.2, 0) is 0 Å². The second-order valence-corrected chi connectivity index (χ2v) is 13.7. The summed E-state index contributed by atoms with van der Waals surface area (Å²) in [4.78, 5) is 0. The molecule has 0 aliphatic heterocycles. The van der Waals surface area contributed by atoms with Crippen molar-refractivity contribution in [3.63, 3.8) is 0 Å². The van der Waals surface area contributed by atoms with Crippen LogP contribution in [0.4, 0.5) is 0 Å². The van der Waals surface area contributed by atoms with Crippen LogP contribution in [0.2, 0.25) is 0 Å². The normalized spacial score (nSPS) is 15.7. The molecular weight excluding hydrogens is 379 g/mol. The molecule has 0 saturated heterocycles. The van der Waals surface area contributed by atoms with Gasteiger partial charge in [0.2, 0.25) is 0 Å². The van der Waals surface area contributed by atoms with Crippen molar-refractivity contribution in [3.8, 4) is 0 Å². The van der Waals surface area contributed by atoms with Crippen molar-refractivity contribution in [3.05, 3.63) is 121 Å². The van der Waals surface area contributed by atoms with Crippen LogP contribution in [0.1, 0.15) is 19.3 Å². The zero-order valence-electron chi connectivity index (χ0n) is 17.4. The average molecular weight is 409 g/mol. The first kappa shape index (κ1) is 19.3. The van der Waals surface area contributed by atoms with Gasteiger partial charge in [0.1, 0.15) is 0 Å². The van der Waals surface area contributed by atoms with E-state index in [2.05, 4.69) is 121 Å². The third kappa shape index (κ3) is 2.78. The van der Waals surface area contributed by atoms with Crippen molar-refractivity contribution < 1.29 is 0 Å². The van der Waals surface area contributed by atoms with Gasteiger partial charge in [-0.15, -0.1) is 0 Å². The number of hydrogen-bond acceptors (Lipinski definition) is 0. The molecule has 1 heteroatoms. The van der Waals surface area contributed by atoms with Crippen molar-refractivity contribution in [2.45, 2.75) is 19.3 Å². The fraction of sp³-hybridized carbons (Fsp3) is 0.172. The van der Waals surface area contributed by atoms with E-state index in [1.807, 2.05) is 0 Å². The Hall–Kier alpha value is -2.69. The molecule has 30 heavy (non-hydrogen) atoms. The second kappa shape index (κ2) is 7.86. The van der Waals surface area contributed by atoms with E-state index in [1.165, 1.54) is 46.6 Å². The van der Waals surface area contributed by atoms with Gasteiger partial charge in [-0.1, -0.05) is 0 Å². The number of hydrogen-bond donors (Lipinski definition) is 0. The third-order valence-electron chi connectivity index (χ3n) is 7.15. The van der Waals surface area contributed by atoms with Crippen LogP contribution in [0.3, 0.4) is 0 Å². The summed E-state index contributed by atoms with van der Waals surface area (Å²) in [6, 6.07) is 45.6. The predicted octanol–water partition coefficient (Wildman–Crippen LogP) is 5.64. The maximum absolute atomic E-state index is 2.91. The van der Waals surface area contributed by atoms with Gasteiger partial charge in [-0.3, -0.25) is 0 Å². The van der Waals surface area contributed by atoms with Gasteiger partial charge < -0.3 is 0 Å². The number of rotatable bonds is 6. The molecule has 0 amide bonds. The number of benzene rings is 4.